The molecule has 1 aliphatic rings. The van der Waals surface area contributed by atoms with Crippen molar-refractivity contribution >= 4 is 5.91 Å². The maximum Gasteiger partial charge on any atom is 0.225 e. The van der Waals surface area contributed by atoms with Gasteiger partial charge >= 0.3 is 0 Å². The zero-order chi connectivity index (χ0) is 11.3. The van der Waals surface area contributed by atoms with E-state index < -0.39 is 0 Å². The number of likely N-dealkylation sites (N-methyl/N-ethyl adjacent to an activating group) is 1. The number of nitrogens with zero attached hydrogens (tertiary/aromatic N) is 1. The van der Waals surface area contributed by atoms with E-state index in [9.17, 15) is 4.79 Å². The summed E-state index contributed by atoms with van der Waals surface area (Å²) in [4.78, 5) is 13.7. The summed E-state index contributed by atoms with van der Waals surface area (Å²) in [5.41, 5.74) is 5.45. The van der Waals surface area contributed by atoms with Gasteiger partial charge in [0.2, 0.25) is 5.91 Å². The van der Waals surface area contributed by atoms with Crippen LogP contribution in [0, 0.1) is 11.8 Å². The van der Waals surface area contributed by atoms with E-state index in [0.29, 0.717) is 19.0 Å². The van der Waals surface area contributed by atoms with E-state index in [1.54, 1.807) is 4.90 Å². The molecule has 0 atom stereocenters. The average molecular weight is 212 g/mol. The first-order chi connectivity index (χ1) is 7.19. The Hall–Kier alpha value is -0.570. The van der Waals surface area contributed by atoms with Gasteiger partial charge in [-0.15, -0.1) is 0 Å². The van der Waals surface area contributed by atoms with Gasteiger partial charge in [0.15, 0.2) is 0 Å². The second-order valence-electron chi connectivity index (χ2n) is 4.67. The first-order valence-corrected chi connectivity index (χ1v) is 6.14. The van der Waals surface area contributed by atoms with E-state index in [0.717, 1.165) is 18.8 Å². The van der Waals surface area contributed by atoms with Crippen LogP contribution in [-0.2, 0) is 4.79 Å². The molecule has 0 aromatic rings. The minimum absolute atomic E-state index is 0.268. The molecule has 1 saturated carbocycles. The van der Waals surface area contributed by atoms with E-state index in [1.165, 1.54) is 19.3 Å². The van der Waals surface area contributed by atoms with Crippen LogP contribution in [0.1, 0.15) is 39.0 Å². The maximum atomic E-state index is 12.0. The van der Waals surface area contributed by atoms with Crippen molar-refractivity contribution in [3.8, 4) is 0 Å². The summed E-state index contributed by atoms with van der Waals surface area (Å²) in [6.07, 6.45) is 5.87. The molecule has 0 bridgehead atoms. The summed E-state index contributed by atoms with van der Waals surface area (Å²) in [7, 11) is 1.86. The molecule has 1 amide bonds. The van der Waals surface area contributed by atoms with Crippen molar-refractivity contribution in [2.45, 2.75) is 39.0 Å². The van der Waals surface area contributed by atoms with Gasteiger partial charge < -0.3 is 10.6 Å². The third-order valence-corrected chi connectivity index (χ3v) is 3.61. The molecular formula is C12H24N2O. The van der Waals surface area contributed by atoms with Crippen LogP contribution in [0.3, 0.4) is 0 Å². The number of nitrogens with two attached hydrogens (primary N) is 1. The first kappa shape index (κ1) is 12.5. The highest BCUT2D eigenvalue weighted by Gasteiger charge is 2.27. The molecule has 15 heavy (non-hydrogen) atoms. The summed E-state index contributed by atoms with van der Waals surface area (Å²) in [6.45, 7) is 3.49. The van der Waals surface area contributed by atoms with E-state index >= 15 is 0 Å². The zero-order valence-electron chi connectivity index (χ0n) is 10.0. The Kier molecular flexibility index (Phi) is 5.09. The lowest BCUT2D eigenvalue weighted by atomic mass is 9.80. The van der Waals surface area contributed by atoms with Gasteiger partial charge in [0.1, 0.15) is 0 Å². The van der Waals surface area contributed by atoms with Gasteiger partial charge in [0, 0.05) is 26.1 Å². The standard InChI is InChI=1S/C12H24N2O/c1-3-10-4-6-11(7-5-10)12(15)14(2)9-8-13/h10-11H,3-9,13H2,1-2H3. The minimum atomic E-state index is 0.268. The Balaban J connectivity index is 2.35. The Labute approximate surface area is 93.0 Å². The van der Waals surface area contributed by atoms with Gasteiger partial charge in [-0.3, -0.25) is 4.79 Å². The van der Waals surface area contributed by atoms with Crippen LogP contribution in [0.2, 0.25) is 0 Å². The van der Waals surface area contributed by atoms with E-state index in [1.807, 2.05) is 7.05 Å². The van der Waals surface area contributed by atoms with Crippen molar-refractivity contribution in [2.75, 3.05) is 20.1 Å². The molecule has 0 heterocycles. The fraction of sp³-hybridized carbons (Fsp3) is 0.917. The van der Waals surface area contributed by atoms with E-state index in [4.69, 9.17) is 5.73 Å². The Morgan fingerprint density at radius 3 is 2.40 bits per heavy atom. The van der Waals surface area contributed by atoms with E-state index in [2.05, 4.69) is 6.92 Å². The topological polar surface area (TPSA) is 46.3 Å². The molecule has 0 spiro atoms. The second kappa shape index (κ2) is 6.11. The van der Waals surface area contributed by atoms with Crippen molar-refractivity contribution in [1.82, 2.24) is 4.90 Å². The normalized spacial score (nSPS) is 26.3. The van der Waals surface area contributed by atoms with Crippen LogP contribution in [-0.4, -0.2) is 30.9 Å². The van der Waals surface area contributed by atoms with E-state index in [-0.39, 0.29) is 5.92 Å². The molecule has 1 aliphatic carbocycles. The highest BCUT2D eigenvalue weighted by molar-refractivity contribution is 5.78. The highest BCUT2D eigenvalue weighted by Crippen LogP contribution is 2.31. The molecule has 0 radical (unpaired) electrons. The average Bonchev–Trinajstić information content (AvgIpc) is 2.28. The molecular weight excluding hydrogens is 188 g/mol. The van der Waals surface area contributed by atoms with Gasteiger partial charge in [-0.1, -0.05) is 13.3 Å². The summed E-state index contributed by atoms with van der Waals surface area (Å²) in [5.74, 6) is 1.42. The van der Waals surface area contributed by atoms with Crippen molar-refractivity contribution in [3.63, 3.8) is 0 Å². The van der Waals surface area contributed by atoms with Crippen molar-refractivity contribution in [2.24, 2.45) is 17.6 Å². The summed E-state index contributed by atoms with van der Waals surface area (Å²) >= 11 is 0. The lowest BCUT2D eigenvalue weighted by molar-refractivity contribution is -0.135. The largest absolute Gasteiger partial charge is 0.344 e. The molecule has 1 rings (SSSR count). The number of hydrogen-bond donors (Lipinski definition) is 1. The Bertz CT molecular complexity index is 198. The predicted octanol–water partition coefficient (Wildman–Crippen LogP) is 1.62. The number of carbonyl (C=O) groups excluding carboxylic acids is 1. The van der Waals surface area contributed by atoms with Gasteiger partial charge in [-0.05, 0) is 31.6 Å². The second-order valence-corrected chi connectivity index (χ2v) is 4.67. The molecule has 0 aromatic heterocycles. The number of rotatable bonds is 4. The Morgan fingerprint density at radius 1 is 1.33 bits per heavy atom. The summed E-state index contributed by atoms with van der Waals surface area (Å²) < 4.78 is 0. The quantitative estimate of drug-likeness (QED) is 0.769. The van der Waals surface area contributed by atoms with Crippen LogP contribution >= 0.6 is 0 Å². The molecule has 0 aromatic carbocycles. The van der Waals surface area contributed by atoms with Gasteiger partial charge in [-0.2, -0.15) is 0 Å². The molecule has 1 fully saturated rings. The van der Waals surface area contributed by atoms with Crippen LogP contribution in [0.25, 0.3) is 0 Å². The van der Waals surface area contributed by atoms with Gasteiger partial charge in [0.05, 0.1) is 0 Å². The summed E-state index contributed by atoms with van der Waals surface area (Å²) in [5, 5.41) is 0. The highest BCUT2D eigenvalue weighted by atomic mass is 16.2. The molecule has 0 saturated heterocycles. The molecule has 3 heteroatoms. The minimum Gasteiger partial charge on any atom is -0.344 e. The van der Waals surface area contributed by atoms with Crippen LogP contribution < -0.4 is 5.73 Å². The van der Waals surface area contributed by atoms with Crippen LogP contribution in [0.5, 0.6) is 0 Å². The zero-order valence-corrected chi connectivity index (χ0v) is 10.0. The van der Waals surface area contributed by atoms with Crippen molar-refractivity contribution in [1.29, 1.82) is 0 Å². The number of amides is 1. The number of carbonyl (C=O) groups is 1. The third kappa shape index (κ3) is 3.49. The van der Waals surface area contributed by atoms with Gasteiger partial charge in [-0.25, -0.2) is 0 Å². The molecule has 0 unspecified atom stereocenters. The van der Waals surface area contributed by atoms with Gasteiger partial charge in [0.25, 0.3) is 0 Å². The van der Waals surface area contributed by atoms with Crippen LogP contribution in [0.15, 0.2) is 0 Å². The fourth-order valence-electron chi connectivity index (χ4n) is 2.43. The third-order valence-electron chi connectivity index (χ3n) is 3.61. The predicted molar refractivity (Wildman–Crippen MR) is 62.4 cm³/mol. The Morgan fingerprint density at radius 2 is 1.93 bits per heavy atom. The smallest absolute Gasteiger partial charge is 0.225 e. The molecule has 3 nitrogen and oxygen atoms in total. The number of hydrogen-bond acceptors (Lipinski definition) is 2. The SMILES string of the molecule is CCC1CCC(C(=O)N(C)CCN)CC1. The lowest BCUT2D eigenvalue weighted by Crippen LogP contribution is -2.37. The fourth-order valence-corrected chi connectivity index (χ4v) is 2.43. The lowest BCUT2D eigenvalue weighted by Gasteiger charge is -2.29. The maximum absolute atomic E-state index is 12.0. The van der Waals surface area contributed by atoms with Crippen molar-refractivity contribution in [3.05, 3.63) is 0 Å². The monoisotopic (exact) mass is 212 g/mol. The molecule has 2 N–H and O–H groups in total. The molecule has 0 aliphatic heterocycles. The molecule has 88 valence electrons. The van der Waals surface area contributed by atoms with Crippen LogP contribution in [0.4, 0.5) is 0 Å². The first-order valence-electron chi connectivity index (χ1n) is 6.14. The summed E-state index contributed by atoms with van der Waals surface area (Å²) in [6, 6.07) is 0. The van der Waals surface area contributed by atoms with Crippen molar-refractivity contribution < 1.29 is 4.79 Å².